The molecule has 1 aliphatic heterocycles. The summed E-state index contributed by atoms with van der Waals surface area (Å²) in [7, 11) is 0. The molecule has 4 nitrogen and oxygen atoms in total. The summed E-state index contributed by atoms with van der Waals surface area (Å²) in [5.41, 5.74) is 5.17. The van der Waals surface area contributed by atoms with Gasteiger partial charge >= 0.3 is 0 Å². The molecule has 0 fully saturated rings. The van der Waals surface area contributed by atoms with Gasteiger partial charge in [0.05, 0.1) is 23.3 Å². The SMILES string of the molecule is Cc1ccc(C(C)C(=O)c2cnn3c2N(Cc2ccccc2)C(c2ccccc2)CC3(C)C)cc1. The number of ketones is 1. The van der Waals surface area contributed by atoms with Crippen LogP contribution in [0.3, 0.4) is 0 Å². The lowest BCUT2D eigenvalue weighted by atomic mass is 9.86. The van der Waals surface area contributed by atoms with Crippen molar-refractivity contribution in [2.75, 3.05) is 4.90 Å². The Hall–Kier alpha value is -3.66. The number of Topliss-reactive ketones (excluding diaryl/α,β-unsaturated/α-hetero) is 1. The Labute approximate surface area is 208 Å². The number of aryl methyl sites for hydroxylation is 1. The number of benzene rings is 3. The van der Waals surface area contributed by atoms with Crippen molar-refractivity contribution in [3.05, 3.63) is 119 Å². The molecule has 3 aromatic carbocycles. The van der Waals surface area contributed by atoms with Crippen molar-refractivity contribution in [3.8, 4) is 0 Å². The third kappa shape index (κ3) is 4.41. The first kappa shape index (κ1) is 23.1. The number of anilines is 1. The zero-order valence-electron chi connectivity index (χ0n) is 21.0. The zero-order chi connectivity index (χ0) is 24.6. The van der Waals surface area contributed by atoms with Crippen molar-refractivity contribution in [1.29, 1.82) is 0 Å². The molecule has 5 rings (SSSR count). The standard InChI is InChI=1S/C31H33N3O/c1-22-15-17-25(18-16-22)23(2)29(35)27-20-32-34-30(27)33(21-24-11-7-5-8-12-24)28(19-31(34,3)4)26-13-9-6-10-14-26/h5-18,20,23,28H,19,21H2,1-4H3. The van der Waals surface area contributed by atoms with Gasteiger partial charge in [0.1, 0.15) is 5.82 Å². The summed E-state index contributed by atoms with van der Waals surface area (Å²) in [6.07, 6.45) is 2.69. The predicted molar refractivity (Wildman–Crippen MR) is 142 cm³/mol. The second-order valence-corrected chi connectivity index (χ2v) is 10.3. The Kier molecular flexibility index (Phi) is 6.06. The highest BCUT2D eigenvalue weighted by Gasteiger charge is 2.42. The summed E-state index contributed by atoms with van der Waals surface area (Å²) in [5.74, 6) is 0.781. The first-order valence-corrected chi connectivity index (χ1v) is 12.4. The van der Waals surface area contributed by atoms with Crippen LogP contribution in [0.5, 0.6) is 0 Å². The van der Waals surface area contributed by atoms with Crippen LogP contribution in [0.15, 0.2) is 91.1 Å². The molecule has 0 saturated carbocycles. The van der Waals surface area contributed by atoms with Crippen LogP contribution < -0.4 is 4.90 Å². The van der Waals surface area contributed by atoms with Gasteiger partial charge < -0.3 is 4.90 Å². The molecule has 0 bridgehead atoms. The van der Waals surface area contributed by atoms with E-state index in [-0.39, 0.29) is 23.3 Å². The van der Waals surface area contributed by atoms with Gasteiger partial charge in [0.2, 0.25) is 0 Å². The van der Waals surface area contributed by atoms with Crippen LogP contribution in [-0.4, -0.2) is 15.6 Å². The van der Waals surface area contributed by atoms with Crippen molar-refractivity contribution in [3.63, 3.8) is 0 Å². The monoisotopic (exact) mass is 463 g/mol. The number of carbonyl (C=O) groups excluding carboxylic acids is 1. The van der Waals surface area contributed by atoms with Crippen LogP contribution >= 0.6 is 0 Å². The largest absolute Gasteiger partial charge is 0.345 e. The lowest BCUT2D eigenvalue weighted by Gasteiger charge is -2.45. The normalized spacial score (nSPS) is 17.6. The molecule has 0 radical (unpaired) electrons. The molecule has 1 aliphatic rings. The molecule has 178 valence electrons. The highest BCUT2D eigenvalue weighted by Crippen LogP contribution is 2.46. The van der Waals surface area contributed by atoms with Gasteiger partial charge in [-0.3, -0.25) is 4.79 Å². The van der Waals surface area contributed by atoms with Crippen LogP contribution in [0.25, 0.3) is 0 Å². The molecule has 2 atom stereocenters. The van der Waals surface area contributed by atoms with E-state index in [1.54, 1.807) is 6.20 Å². The topological polar surface area (TPSA) is 38.1 Å². The summed E-state index contributed by atoms with van der Waals surface area (Å²) < 4.78 is 2.07. The van der Waals surface area contributed by atoms with Crippen molar-refractivity contribution in [1.82, 2.24) is 9.78 Å². The number of fused-ring (bicyclic) bond motifs is 1. The van der Waals surface area contributed by atoms with Crippen LogP contribution in [0, 0.1) is 6.92 Å². The second-order valence-electron chi connectivity index (χ2n) is 10.3. The molecule has 0 amide bonds. The summed E-state index contributed by atoms with van der Waals surface area (Å²) in [6, 6.07) is 29.5. The van der Waals surface area contributed by atoms with E-state index in [9.17, 15) is 4.79 Å². The van der Waals surface area contributed by atoms with Gasteiger partial charge in [0.15, 0.2) is 5.78 Å². The quantitative estimate of drug-likeness (QED) is 0.287. The summed E-state index contributed by atoms with van der Waals surface area (Å²) >= 11 is 0. The van der Waals surface area contributed by atoms with E-state index in [1.807, 2.05) is 13.0 Å². The molecule has 4 aromatic rings. The summed E-state index contributed by atoms with van der Waals surface area (Å²) in [6.45, 7) is 9.22. The maximum atomic E-state index is 13.9. The number of hydrogen-bond donors (Lipinski definition) is 0. The lowest BCUT2D eigenvalue weighted by molar-refractivity contribution is 0.0965. The summed E-state index contributed by atoms with van der Waals surface area (Å²) in [4.78, 5) is 16.3. The van der Waals surface area contributed by atoms with E-state index in [0.717, 1.165) is 17.8 Å². The molecule has 2 heterocycles. The maximum absolute atomic E-state index is 13.9. The molecule has 1 aromatic heterocycles. The van der Waals surface area contributed by atoms with Gasteiger partial charge in [-0.1, -0.05) is 97.4 Å². The predicted octanol–water partition coefficient (Wildman–Crippen LogP) is 7.06. The molecule has 2 unspecified atom stereocenters. The summed E-state index contributed by atoms with van der Waals surface area (Å²) in [5, 5.41) is 4.79. The van der Waals surface area contributed by atoms with E-state index in [4.69, 9.17) is 5.10 Å². The fraction of sp³-hybridized carbons (Fsp3) is 0.290. The Morgan fingerprint density at radius 2 is 1.60 bits per heavy atom. The smallest absolute Gasteiger partial charge is 0.175 e. The Balaban J connectivity index is 1.62. The van der Waals surface area contributed by atoms with Crippen LogP contribution in [-0.2, 0) is 12.1 Å². The molecule has 35 heavy (non-hydrogen) atoms. The number of hydrogen-bond acceptors (Lipinski definition) is 3. The van der Waals surface area contributed by atoms with Crippen LogP contribution in [0.1, 0.15) is 71.8 Å². The van der Waals surface area contributed by atoms with Crippen molar-refractivity contribution >= 4 is 11.6 Å². The maximum Gasteiger partial charge on any atom is 0.175 e. The number of carbonyl (C=O) groups is 1. The van der Waals surface area contributed by atoms with Gasteiger partial charge in [-0.25, -0.2) is 4.68 Å². The van der Waals surface area contributed by atoms with Gasteiger partial charge in [-0.15, -0.1) is 0 Å². The Bertz CT molecular complexity index is 1310. The van der Waals surface area contributed by atoms with E-state index >= 15 is 0 Å². The molecule has 0 aliphatic carbocycles. The first-order chi connectivity index (χ1) is 16.8. The fourth-order valence-corrected chi connectivity index (χ4v) is 5.23. The highest BCUT2D eigenvalue weighted by molar-refractivity contribution is 6.04. The molecular formula is C31H33N3O. The number of nitrogens with zero attached hydrogens (tertiary/aromatic N) is 3. The third-order valence-corrected chi connectivity index (χ3v) is 7.27. The van der Waals surface area contributed by atoms with Gasteiger partial charge in [-0.05, 0) is 43.9 Å². The third-order valence-electron chi connectivity index (χ3n) is 7.27. The minimum absolute atomic E-state index is 0.109. The second kappa shape index (κ2) is 9.18. The lowest BCUT2D eigenvalue weighted by Crippen LogP contribution is -2.44. The van der Waals surface area contributed by atoms with Crippen molar-refractivity contribution in [2.45, 2.75) is 58.2 Å². The van der Waals surface area contributed by atoms with E-state index < -0.39 is 0 Å². The van der Waals surface area contributed by atoms with Crippen molar-refractivity contribution < 1.29 is 4.79 Å². The fourth-order valence-electron chi connectivity index (χ4n) is 5.23. The van der Waals surface area contributed by atoms with Crippen molar-refractivity contribution in [2.24, 2.45) is 0 Å². The van der Waals surface area contributed by atoms with Crippen LogP contribution in [0.2, 0.25) is 0 Å². The van der Waals surface area contributed by atoms with Gasteiger partial charge in [0.25, 0.3) is 0 Å². The molecule has 0 N–H and O–H groups in total. The van der Waals surface area contributed by atoms with Gasteiger partial charge in [0, 0.05) is 12.5 Å². The minimum atomic E-state index is -0.247. The highest BCUT2D eigenvalue weighted by atomic mass is 16.1. The molecule has 0 saturated heterocycles. The number of rotatable bonds is 6. The van der Waals surface area contributed by atoms with E-state index in [1.165, 1.54) is 16.7 Å². The average molecular weight is 464 g/mol. The number of aromatic nitrogens is 2. The zero-order valence-corrected chi connectivity index (χ0v) is 21.0. The van der Waals surface area contributed by atoms with Crippen LogP contribution in [0.4, 0.5) is 5.82 Å². The Morgan fingerprint density at radius 1 is 0.971 bits per heavy atom. The molecular weight excluding hydrogens is 430 g/mol. The Morgan fingerprint density at radius 3 is 2.26 bits per heavy atom. The molecule has 0 spiro atoms. The van der Waals surface area contributed by atoms with E-state index in [2.05, 4.69) is 109 Å². The van der Waals surface area contributed by atoms with Gasteiger partial charge in [-0.2, -0.15) is 5.10 Å². The average Bonchev–Trinajstić information content (AvgIpc) is 3.33. The molecule has 4 heteroatoms. The minimum Gasteiger partial charge on any atom is -0.345 e. The van der Waals surface area contributed by atoms with E-state index in [0.29, 0.717) is 12.1 Å². The first-order valence-electron chi connectivity index (χ1n) is 12.4.